The maximum atomic E-state index is 11.8. The van der Waals surface area contributed by atoms with Crippen molar-refractivity contribution in [3.63, 3.8) is 0 Å². The smallest absolute Gasteiger partial charge is 0.310 e. The molecule has 2 aliphatic rings. The Kier molecular flexibility index (Phi) is 4.41. The molecule has 0 bridgehead atoms. The standard InChI is InChI=1S/C13H22N2O/c16-15(13-9-5-2-6-10-13)11-14-12-7-3-1-4-8-12/h12-13H,1-10H2. The van der Waals surface area contributed by atoms with Crippen molar-refractivity contribution in [2.24, 2.45) is 4.99 Å². The molecule has 0 aromatic rings. The minimum Gasteiger partial charge on any atom is -0.708 e. The maximum Gasteiger partial charge on any atom is 0.310 e. The minimum atomic E-state index is 0.154. The Labute approximate surface area is 97.9 Å². The van der Waals surface area contributed by atoms with Gasteiger partial charge < -0.3 is 5.21 Å². The summed E-state index contributed by atoms with van der Waals surface area (Å²) < 4.78 is 0.994. The van der Waals surface area contributed by atoms with E-state index in [-0.39, 0.29) is 6.04 Å². The number of rotatable bonds is 2. The predicted octanol–water partition coefficient (Wildman–Crippen LogP) is 3.34. The van der Waals surface area contributed by atoms with Crippen molar-refractivity contribution in [1.29, 1.82) is 0 Å². The molecule has 0 aromatic carbocycles. The number of aliphatic imine (C=N–C) groups is 1. The van der Waals surface area contributed by atoms with Crippen molar-refractivity contribution in [3.8, 4) is 0 Å². The zero-order valence-corrected chi connectivity index (χ0v) is 10.0. The minimum absolute atomic E-state index is 0.154. The third-order valence-electron chi connectivity index (χ3n) is 3.82. The van der Waals surface area contributed by atoms with E-state index in [0.29, 0.717) is 6.04 Å². The van der Waals surface area contributed by atoms with Gasteiger partial charge in [0.1, 0.15) is 6.04 Å². The second-order valence-corrected chi connectivity index (χ2v) is 5.14. The molecule has 0 aromatic heterocycles. The van der Waals surface area contributed by atoms with E-state index in [4.69, 9.17) is 0 Å². The van der Waals surface area contributed by atoms with Gasteiger partial charge in [-0.15, -0.1) is 0 Å². The summed E-state index contributed by atoms with van der Waals surface area (Å²) in [6.07, 6.45) is 11.9. The Balaban J connectivity index is 1.90. The van der Waals surface area contributed by atoms with E-state index < -0.39 is 0 Å². The zero-order chi connectivity index (χ0) is 11.2. The van der Waals surface area contributed by atoms with Crippen LogP contribution in [0.4, 0.5) is 0 Å². The highest BCUT2D eigenvalue weighted by molar-refractivity contribution is 5.35. The second-order valence-electron chi connectivity index (χ2n) is 5.14. The number of nitrogens with zero attached hydrogens (tertiary/aromatic N) is 2. The summed E-state index contributed by atoms with van der Waals surface area (Å²) in [5.74, 6) is 0. The van der Waals surface area contributed by atoms with E-state index in [2.05, 4.69) is 11.0 Å². The van der Waals surface area contributed by atoms with Crippen LogP contribution in [0.15, 0.2) is 4.99 Å². The Bertz CT molecular complexity index is 270. The highest BCUT2D eigenvalue weighted by Crippen LogP contribution is 2.21. The van der Waals surface area contributed by atoms with E-state index in [9.17, 15) is 5.21 Å². The van der Waals surface area contributed by atoms with Gasteiger partial charge in [0.25, 0.3) is 0 Å². The molecule has 0 aliphatic heterocycles. The fourth-order valence-electron chi connectivity index (χ4n) is 2.75. The van der Waals surface area contributed by atoms with Crippen LogP contribution in [-0.4, -0.2) is 22.8 Å². The molecule has 3 heteroatoms. The average molecular weight is 222 g/mol. The van der Waals surface area contributed by atoms with Gasteiger partial charge in [-0.2, -0.15) is 0 Å². The molecule has 2 saturated carbocycles. The van der Waals surface area contributed by atoms with Gasteiger partial charge in [-0.1, -0.05) is 12.8 Å². The van der Waals surface area contributed by atoms with Gasteiger partial charge in [0.15, 0.2) is 6.04 Å². The lowest BCUT2D eigenvalue weighted by Crippen LogP contribution is -2.24. The van der Waals surface area contributed by atoms with Gasteiger partial charge in [-0.25, -0.2) is 4.74 Å². The number of hydrogen-bond acceptors (Lipinski definition) is 2. The Morgan fingerprint density at radius 1 is 0.875 bits per heavy atom. The van der Waals surface area contributed by atoms with Gasteiger partial charge in [0, 0.05) is 0 Å². The maximum absolute atomic E-state index is 11.8. The Hall–Kier alpha value is -0.820. The summed E-state index contributed by atoms with van der Waals surface area (Å²) in [5, 5.41) is 11.8. The molecular formula is C13H22N2O. The third-order valence-corrected chi connectivity index (χ3v) is 3.82. The lowest BCUT2D eigenvalue weighted by molar-refractivity contribution is -0.499. The average Bonchev–Trinajstić information content (AvgIpc) is 2.38. The van der Waals surface area contributed by atoms with Gasteiger partial charge >= 0.3 is 6.01 Å². The summed E-state index contributed by atoms with van der Waals surface area (Å²) in [6.45, 7) is 0. The number of hydroxylamine groups is 1. The molecule has 0 saturated heterocycles. The number of hydrogen-bond donors (Lipinski definition) is 0. The normalized spacial score (nSPS) is 23.8. The quantitative estimate of drug-likeness (QED) is 0.305. The molecule has 90 valence electrons. The van der Waals surface area contributed by atoms with Crippen molar-refractivity contribution < 1.29 is 4.74 Å². The molecule has 0 N–H and O–H groups in total. The highest BCUT2D eigenvalue weighted by atomic mass is 16.5. The summed E-state index contributed by atoms with van der Waals surface area (Å²) in [4.78, 5) is 4.32. The lowest BCUT2D eigenvalue weighted by Gasteiger charge is -2.22. The van der Waals surface area contributed by atoms with Crippen LogP contribution in [0, 0.1) is 5.21 Å². The van der Waals surface area contributed by atoms with E-state index in [1.807, 2.05) is 0 Å². The van der Waals surface area contributed by atoms with Crippen LogP contribution in [0.3, 0.4) is 0 Å². The van der Waals surface area contributed by atoms with E-state index in [1.54, 1.807) is 0 Å². The van der Waals surface area contributed by atoms with Crippen LogP contribution in [0.25, 0.3) is 0 Å². The largest absolute Gasteiger partial charge is 0.708 e. The van der Waals surface area contributed by atoms with E-state index in [1.165, 1.54) is 38.5 Å². The second kappa shape index (κ2) is 6.05. The van der Waals surface area contributed by atoms with Crippen LogP contribution in [-0.2, 0) is 0 Å². The van der Waals surface area contributed by atoms with Crippen molar-refractivity contribution in [2.75, 3.05) is 0 Å². The van der Waals surface area contributed by atoms with Crippen molar-refractivity contribution in [1.82, 2.24) is 0 Å². The summed E-state index contributed by atoms with van der Waals surface area (Å²) >= 11 is 0. The monoisotopic (exact) mass is 222 g/mol. The molecule has 2 rings (SSSR count). The molecule has 16 heavy (non-hydrogen) atoms. The molecule has 3 nitrogen and oxygen atoms in total. The first kappa shape index (κ1) is 11.7. The highest BCUT2D eigenvalue weighted by Gasteiger charge is 2.18. The predicted molar refractivity (Wildman–Crippen MR) is 64.8 cm³/mol. The topological polar surface area (TPSA) is 38.4 Å². The van der Waals surface area contributed by atoms with Crippen LogP contribution in [0.5, 0.6) is 0 Å². The Morgan fingerprint density at radius 3 is 2.06 bits per heavy atom. The van der Waals surface area contributed by atoms with Crippen LogP contribution < -0.4 is 0 Å². The van der Waals surface area contributed by atoms with Crippen molar-refractivity contribution >= 4 is 6.01 Å². The van der Waals surface area contributed by atoms with Crippen molar-refractivity contribution in [2.45, 2.75) is 76.3 Å². The molecule has 0 spiro atoms. The molecule has 0 amide bonds. The summed E-state index contributed by atoms with van der Waals surface area (Å²) in [6, 6.07) is 3.25. The third kappa shape index (κ3) is 3.34. The van der Waals surface area contributed by atoms with E-state index >= 15 is 0 Å². The van der Waals surface area contributed by atoms with Crippen LogP contribution in [0.2, 0.25) is 0 Å². The molecule has 2 fully saturated rings. The first-order valence-electron chi connectivity index (χ1n) is 6.78. The molecule has 0 unspecified atom stereocenters. The molecule has 0 heterocycles. The fourth-order valence-corrected chi connectivity index (χ4v) is 2.75. The first-order valence-corrected chi connectivity index (χ1v) is 6.78. The summed E-state index contributed by atoms with van der Waals surface area (Å²) in [7, 11) is 0. The van der Waals surface area contributed by atoms with Crippen molar-refractivity contribution in [3.05, 3.63) is 5.21 Å². The van der Waals surface area contributed by atoms with Crippen LogP contribution in [0.1, 0.15) is 64.2 Å². The Morgan fingerprint density at radius 2 is 1.44 bits per heavy atom. The summed E-state index contributed by atoms with van der Waals surface area (Å²) in [5.41, 5.74) is 0. The molecular weight excluding hydrogens is 200 g/mol. The van der Waals surface area contributed by atoms with Gasteiger partial charge in [-0.05, 0) is 56.4 Å². The van der Waals surface area contributed by atoms with Gasteiger partial charge in [0.2, 0.25) is 0 Å². The molecule has 2 aliphatic carbocycles. The van der Waals surface area contributed by atoms with Crippen LogP contribution >= 0.6 is 0 Å². The lowest BCUT2D eigenvalue weighted by atomic mass is 9.96. The van der Waals surface area contributed by atoms with E-state index in [0.717, 1.165) is 30.4 Å². The SMILES string of the molecule is [O-][N+](=C=NC1CCCCC1)C1CCCCC1. The fraction of sp³-hybridized carbons (Fsp3) is 0.923. The van der Waals surface area contributed by atoms with Gasteiger partial charge in [0.05, 0.1) is 0 Å². The van der Waals surface area contributed by atoms with Gasteiger partial charge in [-0.3, -0.25) is 0 Å². The molecule has 0 atom stereocenters. The zero-order valence-electron chi connectivity index (χ0n) is 10.0. The molecule has 0 radical (unpaired) electrons. The first-order chi connectivity index (χ1) is 7.86.